The lowest BCUT2D eigenvalue weighted by molar-refractivity contribution is -0.148. The highest BCUT2D eigenvalue weighted by molar-refractivity contribution is 9.07. The number of hydrogen-bond acceptors (Lipinski definition) is 3. The molecule has 2 aromatic rings. The molecule has 7 nitrogen and oxygen atoms in total. The van der Waals surface area contributed by atoms with Crippen LogP contribution in [0.4, 0.5) is 0 Å². The van der Waals surface area contributed by atoms with Crippen molar-refractivity contribution < 1.29 is 24.6 Å². The highest BCUT2D eigenvalue weighted by atomic mass is 79.9. The van der Waals surface area contributed by atoms with E-state index in [1.54, 1.807) is 6.20 Å². The maximum Gasteiger partial charge on any atom is 0.327 e. The Morgan fingerprint density at radius 1 is 1.23 bits per heavy atom. The van der Waals surface area contributed by atoms with Crippen LogP contribution < -0.4 is 0 Å². The number of rotatable bonds is 6. The van der Waals surface area contributed by atoms with Crippen molar-refractivity contribution in [2.45, 2.75) is 18.9 Å². The number of amides is 1. The van der Waals surface area contributed by atoms with E-state index in [0.29, 0.717) is 0 Å². The molecule has 0 unspecified atom stereocenters. The Bertz CT molecular complexity index is 727. The number of nitrogens with one attached hydrogen (secondary N) is 1. The van der Waals surface area contributed by atoms with Crippen LogP contribution in [0.5, 0.6) is 0 Å². The van der Waals surface area contributed by atoms with Gasteiger partial charge in [-0.15, -0.1) is 0 Å². The molecule has 1 heterocycles. The van der Waals surface area contributed by atoms with E-state index in [9.17, 15) is 19.5 Å². The minimum absolute atomic E-state index is 0.0515. The van der Waals surface area contributed by atoms with Crippen molar-refractivity contribution in [2.24, 2.45) is 0 Å². The number of H-pyrrole nitrogens is 1. The van der Waals surface area contributed by atoms with Crippen LogP contribution in [0, 0.1) is 0 Å². The van der Waals surface area contributed by atoms with Gasteiger partial charge in [0, 0.05) is 23.5 Å². The summed E-state index contributed by atoms with van der Waals surface area (Å²) in [5, 5.41) is 18.8. The van der Waals surface area contributed by atoms with Gasteiger partial charge in [0.2, 0.25) is 5.91 Å². The Labute approximate surface area is 133 Å². The van der Waals surface area contributed by atoms with Crippen molar-refractivity contribution in [2.75, 3.05) is 0 Å². The smallest absolute Gasteiger partial charge is 0.327 e. The van der Waals surface area contributed by atoms with Gasteiger partial charge in [-0.3, -0.25) is 13.5 Å². The van der Waals surface area contributed by atoms with E-state index in [2.05, 4.69) is 21.1 Å². The third-order valence-electron chi connectivity index (χ3n) is 3.19. The SMILES string of the molecule is O=C(O)CC(=O)N(Br)[C@H](Cc1c[nH]c2ccccc12)C(=O)O. The summed E-state index contributed by atoms with van der Waals surface area (Å²) in [5.74, 6) is -3.36. The van der Waals surface area contributed by atoms with Gasteiger partial charge >= 0.3 is 11.9 Å². The fourth-order valence-electron chi connectivity index (χ4n) is 2.15. The van der Waals surface area contributed by atoms with Gasteiger partial charge in [0.15, 0.2) is 0 Å². The molecule has 0 aliphatic carbocycles. The summed E-state index contributed by atoms with van der Waals surface area (Å²) < 4.78 is 0.783. The fourth-order valence-corrected chi connectivity index (χ4v) is 2.60. The van der Waals surface area contributed by atoms with Gasteiger partial charge in [0.05, 0.1) is 16.1 Å². The van der Waals surface area contributed by atoms with Crippen LogP contribution in [-0.2, 0) is 20.8 Å². The number of carbonyl (C=O) groups is 3. The zero-order valence-corrected chi connectivity index (χ0v) is 12.9. The average molecular weight is 369 g/mol. The number of para-hydroxylation sites is 1. The first-order valence-electron chi connectivity index (χ1n) is 6.37. The molecule has 0 aliphatic rings. The molecule has 22 heavy (non-hydrogen) atoms. The summed E-state index contributed by atoms with van der Waals surface area (Å²) in [6.45, 7) is 0. The van der Waals surface area contributed by atoms with Crippen molar-refractivity contribution in [1.29, 1.82) is 0 Å². The van der Waals surface area contributed by atoms with Gasteiger partial charge in [-0.2, -0.15) is 0 Å². The molecule has 2 rings (SSSR count). The number of carboxylic acids is 2. The van der Waals surface area contributed by atoms with E-state index in [0.717, 1.165) is 20.4 Å². The predicted molar refractivity (Wildman–Crippen MR) is 81.5 cm³/mol. The Morgan fingerprint density at radius 3 is 2.55 bits per heavy atom. The first-order valence-corrected chi connectivity index (χ1v) is 7.08. The molecule has 8 heteroatoms. The highest BCUT2D eigenvalue weighted by Gasteiger charge is 2.30. The minimum atomic E-state index is -1.31. The van der Waals surface area contributed by atoms with E-state index in [-0.39, 0.29) is 6.42 Å². The van der Waals surface area contributed by atoms with Crippen molar-refractivity contribution in [1.82, 2.24) is 8.91 Å². The van der Waals surface area contributed by atoms with Crippen LogP contribution in [0.25, 0.3) is 10.9 Å². The minimum Gasteiger partial charge on any atom is -0.481 e. The summed E-state index contributed by atoms with van der Waals surface area (Å²) in [6.07, 6.45) is 0.960. The molecule has 0 spiro atoms. The van der Waals surface area contributed by atoms with E-state index < -0.39 is 30.3 Å². The average Bonchev–Trinajstić information content (AvgIpc) is 2.86. The number of carbonyl (C=O) groups excluding carboxylic acids is 1. The van der Waals surface area contributed by atoms with Crippen LogP contribution in [0.15, 0.2) is 30.5 Å². The number of fused-ring (bicyclic) bond motifs is 1. The van der Waals surface area contributed by atoms with Crippen molar-refractivity contribution in [3.8, 4) is 0 Å². The maximum atomic E-state index is 11.7. The molecule has 116 valence electrons. The Balaban J connectivity index is 2.24. The maximum absolute atomic E-state index is 11.7. The van der Waals surface area contributed by atoms with Crippen molar-refractivity contribution in [3.05, 3.63) is 36.0 Å². The number of nitrogens with zero attached hydrogens (tertiary/aromatic N) is 1. The molecule has 0 saturated heterocycles. The summed E-state index contributed by atoms with van der Waals surface area (Å²) in [7, 11) is 0. The Morgan fingerprint density at radius 2 is 1.91 bits per heavy atom. The summed E-state index contributed by atoms with van der Waals surface area (Å²) in [5.41, 5.74) is 1.59. The van der Waals surface area contributed by atoms with Gasteiger partial charge in [-0.25, -0.2) is 4.79 Å². The quantitative estimate of drug-likeness (QED) is 0.531. The zero-order valence-electron chi connectivity index (χ0n) is 11.3. The lowest BCUT2D eigenvalue weighted by Gasteiger charge is -2.21. The van der Waals surface area contributed by atoms with E-state index >= 15 is 0 Å². The van der Waals surface area contributed by atoms with Crippen molar-refractivity contribution in [3.63, 3.8) is 0 Å². The Kier molecular flexibility index (Phi) is 4.81. The molecule has 1 atom stereocenters. The van der Waals surface area contributed by atoms with Crippen LogP contribution in [0.1, 0.15) is 12.0 Å². The second kappa shape index (κ2) is 6.61. The molecule has 0 aliphatic heterocycles. The number of aliphatic carboxylic acids is 2. The number of halogens is 1. The molecule has 0 radical (unpaired) electrons. The number of benzene rings is 1. The topological polar surface area (TPSA) is 111 Å². The van der Waals surface area contributed by atoms with Crippen LogP contribution in [-0.4, -0.2) is 43.0 Å². The van der Waals surface area contributed by atoms with Crippen LogP contribution in [0.2, 0.25) is 0 Å². The third kappa shape index (κ3) is 3.45. The summed E-state index contributed by atoms with van der Waals surface area (Å²) >= 11 is 2.88. The molecule has 0 fully saturated rings. The monoisotopic (exact) mass is 368 g/mol. The molecule has 1 amide bonds. The largest absolute Gasteiger partial charge is 0.481 e. The third-order valence-corrected chi connectivity index (χ3v) is 4.08. The lowest BCUT2D eigenvalue weighted by atomic mass is 10.0. The van der Waals surface area contributed by atoms with Gasteiger partial charge in [-0.1, -0.05) is 18.2 Å². The second-order valence-electron chi connectivity index (χ2n) is 4.69. The molecule has 0 bridgehead atoms. The van der Waals surface area contributed by atoms with Crippen LogP contribution >= 0.6 is 16.1 Å². The Hall–Kier alpha value is -2.35. The van der Waals surface area contributed by atoms with Gasteiger partial charge in [-0.05, 0) is 11.6 Å². The van der Waals surface area contributed by atoms with Crippen molar-refractivity contribution >= 4 is 44.9 Å². The van der Waals surface area contributed by atoms with Gasteiger partial charge in [0.25, 0.3) is 0 Å². The number of aromatic amines is 1. The van der Waals surface area contributed by atoms with Gasteiger partial charge < -0.3 is 15.2 Å². The van der Waals surface area contributed by atoms with Crippen LogP contribution in [0.3, 0.4) is 0 Å². The van der Waals surface area contributed by atoms with E-state index in [1.165, 1.54) is 0 Å². The summed E-state index contributed by atoms with van der Waals surface area (Å²) in [4.78, 5) is 36.7. The molecule has 0 saturated carbocycles. The lowest BCUT2D eigenvalue weighted by Crippen LogP contribution is -2.40. The summed E-state index contributed by atoms with van der Waals surface area (Å²) in [6, 6.07) is 6.18. The number of aromatic nitrogens is 1. The predicted octanol–water partition coefficient (Wildman–Crippen LogP) is 1.78. The number of hydrogen-bond donors (Lipinski definition) is 3. The molecule has 1 aromatic heterocycles. The van der Waals surface area contributed by atoms with E-state index in [4.69, 9.17) is 5.11 Å². The fraction of sp³-hybridized carbons (Fsp3) is 0.214. The zero-order chi connectivity index (χ0) is 16.3. The first kappa shape index (κ1) is 16.0. The second-order valence-corrected chi connectivity index (χ2v) is 5.46. The van der Waals surface area contributed by atoms with Gasteiger partial charge in [0.1, 0.15) is 12.5 Å². The molecular weight excluding hydrogens is 356 g/mol. The number of carboxylic acid groups (broad SMARTS) is 2. The normalized spacial score (nSPS) is 12.0. The molecular formula is C14H13BrN2O5. The standard InChI is InChI=1S/C14H13BrN2O5/c15-17(12(18)6-13(19)20)11(14(21)22)5-8-7-16-10-4-2-1-3-9(8)10/h1-4,7,11,16H,5-6H2,(H,19,20)(H,21,22)/t11-/m1/s1. The molecule has 1 aromatic carbocycles. The van der Waals surface area contributed by atoms with E-state index in [1.807, 2.05) is 24.3 Å². The first-order chi connectivity index (χ1) is 10.4. The molecule has 3 N–H and O–H groups in total. The highest BCUT2D eigenvalue weighted by Crippen LogP contribution is 2.22.